The highest BCUT2D eigenvalue weighted by Crippen LogP contribution is 2.19. The number of carbonyl (C=O) groups is 3. The number of nitrogens with one attached hydrogen (secondary N) is 2. The van der Waals surface area contributed by atoms with E-state index in [4.69, 9.17) is 16.3 Å². The third-order valence-electron chi connectivity index (χ3n) is 6.51. The Bertz CT molecular complexity index is 1130. The van der Waals surface area contributed by atoms with E-state index in [0.717, 1.165) is 38.8 Å². The molecule has 0 radical (unpaired) electrons. The molecule has 3 amide bonds. The van der Waals surface area contributed by atoms with E-state index in [-0.39, 0.29) is 24.3 Å². The van der Waals surface area contributed by atoms with Crippen LogP contribution in [0.4, 0.5) is 5.69 Å². The van der Waals surface area contributed by atoms with Crippen molar-refractivity contribution < 1.29 is 19.1 Å². The van der Waals surface area contributed by atoms with Crippen LogP contribution in [0, 0.1) is 0 Å². The molecule has 2 aromatic rings. The summed E-state index contributed by atoms with van der Waals surface area (Å²) in [5, 5.41) is 6.44. The summed E-state index contributed by atoms with van der Waals surface area (Å²) in [7, 11) is 1.58. The standard InChI is InChI=1S/C27H32ClN5O4/c1-37-22-13-11-21(12-14-22)29-27(31-25(35)19-7-9-20(28)10-8-19)30-23-6-2-3-17-33(26(23)36)18-24(34)32-15-4-5-16-32/h7-14,23H,2-6,15-18H2,1H3,(H2,29,30,31,35)/t23-/m0/s1. The molecule has 10 heteroatoms. The molecular formula is C27H32ClN5O4. The maximum Gasteiger partial charge on any atom is 0.257 e. The highest BCUT2D eigenvalue weighted by molar-refractivity contribution is 6.30. The minimum absolute atomic E-state index is 0.0249. The average molecular weight is 526 g/mol. The molecule has 0 unspecified atom stereocenters. The number of benzene rings is 2. The Labute approximate surface area is 221 Å². The van der Waals surface area contributed by atoms with Crippen molar-refractivity contribution in [2.75, 3.05) is 38.6 Å². The van der Waals surface area contributed by atoms with E-state index < -0.39 is 11.9 Å². The molecule has 0 aliphatic carbocycles. The van der Waals surface area contributed by atoms with Crippen molar-refractivity contribution >= 4 is 41.0 Å². The molecule has 2 aromatic carbocycles. The minimum atomic E-state index is -0.722. The number of aliphatic imine (C=N–C) groups is 1. The van der Waals surface area contributed by atoms with E-state index in [1.165, 1.54) is 0 Å². The second-order valence-electron chi connectivity index (χ2n) is 9.15. The van der Waals surface area contributed by atoms with Crippen LogP contribution in [0.2, 0.25) is 5.02 Å². The fourth-order valence-corrected chi connectivity index (χ4v) is 4.56. The SMILES string of the molecule is COc1ccc(NC(=N[C@H]2CCCCN(CC(=O)N3CCCC3)C2=O)NC(=O)c2ccc(Cl)cc2)cc1. The Morgan fingerprint density at radius 3 is 2.35 bits per heavy atom. The summed E-state index contributed by atoms with van der Waals surface area (Å²) in [4.78, 5) is 47.2. The molecule has 37 heavy (non-hydrogen) atoms. The number of carbonyl (C=O) groups excluding carboxylic acids is 3. The molecule has 4 rings (SSSR count). The number of guanidine groups is 1. The van der Waals surface area contributed by atoms with Crippen molar-refractivity contribution in [3.8, 4) is 5.75 Å². The largest absolute Gasteiger partial charge is 0.497 e. The number of amides is 3. The molecule has 0 saturated carbocycles. The van der Waals surface area contributed by atoms with Crippen LogP contribution in [0.25, 0.3) is 0 Å². The molecule has 2 heterocycles. The summed E-state index contributed by atoms with van der Waals surface area (Å²) in [6, 6.07) is 12.9. The number of anilines is 1. The van der Waals surface area contributed by atoms with Crippen molar-refractivity contribution in [3.05, 3.63) is 59.1 Å². The number of nitrogens with zero attached hydrogens (tertiary/aromatic N) is 3. The fourth-order valence-electron chi connectivity index (χ4n) is 4.43. The van der Waals surface area contributed by atoms with Gasteiger partial charge in [-0.05, 0) is 80.6 Å². The fraction of sp³-hybridized carbons (Fsp3) is 0.407. The van der Waals surface area contributed by atoms with Crippen molar-refractivity contribution in [1.82, 2.24) is 15.1 Å². The summed E-state index contributed by atoms with van der Waals surface area (Å²) >= 11 is 5.96. The lowest BCUT2D eigenvalue weighted by Gasteiger charge is -2.25. The maximum absolute atomic E-state index is 13.4. The van der Waals surface area contributed by atoms with Gasteiger partial charge >= 0.3 is 0 Å². The van der Waals surface area contributed by atoms with E-state index in [0.29, 0.717) is 35.0 Å². The number of rotatable bonds is 6. The van der Waals surface area contributed by atoms with Crippen molar-refractivity contribution in [2.24, 2.45) is 4.99 Å². The molecule has 196 valence electrons. The molecule has 2 aliphatic heterocycles. The number of likely N-dealkylation sites (tertiary alicyclic amines) is 2. The first kappa shape index (κ1) is 26.5. The van der Waals surface area contributed by atoms with Gasteiger partial charge in [-0.25, -0.2) is 4.99 Å². The van der Waals surface area contributed by atoms with Gasteiger partial charge in [0.25, 0.3) is 5.91 Å². The van der Waals surface area contributed by atoms with Gasteiger partial charge in [0.1, 0.15) is 11.8 Å². The molecule has 9 nitrogen and oxygen atoms in total. The van der Waals surface area contributed by atoms with Crippen LogP contribution in [0.3, 0.4) is 0 Å². The van der Waals surface area contributed by atoms with E-state index in [9.17, 15) is 14.4 Å². The smallest absolute Gasteiger partial charge is 0.257 e. The van der Waals surface area contributed by atoms with Crippen LogP contribution in [-0.4, -0.2) is 72.8 Å². The Kier molecular flexibility index (Phi) is 9.00. The summed E-state index contributed by atoms with van der Waals surface area (Å²) in [5.74, 6) is 0.212. The zero-order valence-corrected chi connectivity index (χ0v) is 21.7. The molecule has 2 N–H and O–H groups in total. The summed E-state index contributed by atoms with van der Waals surface area (Å²) < 4.78 is 5.22. The number of hydrogen-bond acceptors (Lipinski definition) is 5. The van der Waals surface area contributed by atoms with Gasteiger partial charge in [-0.1, -0.05) is 11.6 Å². The number of halogens is 1. The molecule has 2 aliphatic rings. The summed E-state index contributed by atoms with van der Waals surface area (Å²) in [6.45, 7) is 2.07. The third-order valence-corrected chi connectivity index (χ3v) is 6.77. The predicted octanol–water partition coefficient (Wildman–Crippen LogP) is 3.55. The predicted molar refractivity (Wildman–Crippen MR) is 143 cm³/mol. The number of methoxy groups -OCH3 is 1. The van der Waals surface area contributed by atoms with Gasteiger partial charge in [0.05, 0.1) is 13.7 Å². The highest BCUT2D eigenvalue weighted by atomic mass is 35.5. The molecule has 0 bridgehead atoms. The first-order valence-electron chi connectivity index (χ1n) is 12.6. The van der Waals surface area contributed by atoms with Gasteiger partial charge in [0.2, 0.25) is 17.8 Å². The first-order chi connectivity index (χ1) is 17.9. The second-order valence-corrected chi connectivity index (χ2v) is 9.59. The minimum Gasteiger partial charge on any atom is -0.497 e. The summed E-state index contributed by atoms with van der Waals surface area (Å²) in [6.07, 6.45) is 4.11. The van der Waals surface area contributed by atoms with Crippen LogP contribution in [0.15, 0.2) is 53.5 Å². The molecule has 2 fully saturated rings. The van der Waals surface area contributed by atoms with E-state index in [1.54, 1.807) is 60.5 Å². The molecular weight excluding hydrogens is 494 g/mol. The third kappa shape index (κ3) is 7.22. The molecule has 2 saturated heterocycles. The van der Waals surface area contributed by atoms with Crippen LogP contribution >= 0.6 is 11.6 Å². The lowest BCUT2D eigenvalue weighted by Crippen LogP contribution is -2.45. The van der Waals surface area contributed by atoms with Gasteiger partial charge in [-0.15, -0.1) is 0 Å². The second kappa shape index (κ2) is 12.6. The van der Waals surface area contributed by atoms with E-state index in [1.807, 2.05) is 4.90 Å². The van der Waals surface area contributed by atoms with Gasteiger partial charge in [0.15, 0.2) is 0 Å². The Morgan fingerprint density at radius 2 is 1.68 bits per heavy atom. The van der Waals surface area contributed by atoms with Gasteiger partial charge < -0.3 is 19.9 Å². The molecule has 0 spiro atoms. The highest BCUT2D eigenvalue weighted by Gasteiger charge is 2.30. The number of hydrogen-bond donors (Lipinski definition) is 2. The van der Waals surface area contributed by atoms with Crippen LogP contribution in [0.1, 0.15) is 42.5 Å². The first-order valence-corrected chi connectivity index (χ1v) is 12.9. The Hall–Kier alpha value is -3.59. The lowest BCUT2D eigenvalue weighted by molar-refractivity contribution is -0.140. The monoisotopic (exact) mass is 525 g/mol. The van der Waals surface area contributed by atoms with Crippen molar-refractivity contribution in [3.63, 3.8) is 0 Å². The van der Waals surface area contributed by atoms with Crippen molar-refractivity contribution in [1.29, 1.82) is 0 Å². The summed E-state index contributed by atoms with van der Waals surface area (Å²) in [5.41, 5.74) is 1.07. The van der Waals surface area contributed by atoms with E-state index >= 15 is 0 Å². The quantitative estimate of drug-likeness (QED) is 0.443. The molecule has 1 atom stereocenters. The Morgan fingerprint density at radius 1 is 1.00 bits per heavy atom. The van der Waals surface area contributed by atoms with E-state index in [2.05, 4.69) is 15.6 Å². The lowest BCUT2D eigenvalue weighted by atomic mass is 10.1. The van der Waals surface area contributed by atoms with Gasteiger partial charge in [-0.2, -0.15) is 0 Å². The van der Waals surface area contributed by atoms with Gasteiger partial charge in [0, 0.05) is 35.9 Å². The topological polar surface area (TPSA) is 103 Å². The van der Waals surface area contributed by atoms with Crippen LogP contribution < -0.4 is 15.4 Å². The van der Waals surface area contributed by atoms with Crippen LogP contribution in [-0.2, 0) is 9.59 Å². The Balaban J connectivity index is 1.55. The number of ether oxygens (including phenoxy) is 1. The zero-order chi connectivity index (χ0) is 26.2. The zero-order valence-electron chi connectivity index (χ0n) is 20.9. The van der Waals surface area contributed by atoms with Crippen molar-refractivity contribution in [2.45, 2.75) is 38.1 Å². The molecule has 0 aromatic heterocycles. The average Bonchev–Trinajstić information content (AvgIpc) is 3.40. The normalized spacial score (nSPS) is 18.4. The maximum atomic E-state index is 13.4. The van der Waals surface area contributed by atoms with Gasteiger partial charge in [-0.3, -0.25) is 19.7 Å². The van der Waals surface area contributed by atoms with Crippen LogP contribution in [0.5, 0.6) is 5.75 Å².